The second kappa shape index (κ2) is 7.63. The molecule has 0 saturated heterocycles. The van der Waals surface area contributed by atoms with E-state index < -0.39 is 10.1 Å². The van der Waals surface area contributed by atoms with E-state index in [1.54, 1.807) is 0 Å². The van der Waals surface area contributed by atoms with Gasteiger partial charge < -0.3 is 4.74 Å². The predicted molar refractivity (Wildman–Crippen MR) is 86.7 cm³/mol. The molecule has 0 amide bonds. The first kappa shape index (κ1) is 16.8. The molecule has 0 radical (unpaired) electrons. The molecule has 2 rings (SSSR count). The molecule has 0 aliphatic carbocycles. The summed E-state index contributed by atoms with van der Waals surface area (Å²) in [5.41, 5.74) is 1.98. The summed E-state index contributed by atoms with van der Waals surface area (Å²) in [4.78, 5) is 0. The second-order valence-electron chi connectivity index (χ2n) is 4.84. The monoisotopic (exact) mass is 340 g/mol. The highest BCUT2D eigenvalue weighted by molar-refractivity contribution is 7.85. The molecule has 0 N–H and O–H groups in total. The first-order valence-electron chi connectivity index (χ1n) is 6.73. The highest BCUT2D eigenvalue weighted by Gasteiger charge is 2.03. The maximum absolute atomic E-state index is 10.9. The fraction of sp³-hybridized carbons (Fsp3) is 0.250. The van der Waals surface area contributed by atoms with Gasteiger partial charge in [0.15, 0.2) is 0 Å². The Hall–Kier alpha value is -1.56. The van der Waals surface area contributed by atoms with Gasteiger partial charge >= 0.3 is 0 Å². The smallest absolute Gasteiger partial charge is 0.264 e. The van der Waals surface area contributed by atoms with E-state index in [2.05, 4.69) is 0 Å². The van der Waals surface area contributed by atoms with Crippen LogP contribution in [0.25, 0.3) is 0 Å². The van der Waals surface area contributed by atoms with Crippen molar-refractivity contribution in [2.24, 2.45) is 0 Å². The van der Waals surface area contributed by atoms with Crippen LogP contribution in [0.15, 0.2) is 48.5 Å². The third-order valence-corrected chi connectivity index (χ3v) is 3.75. The summed E-state index contributed by atoms with van der Waals surface area (Å²) in [5, 5.41) is 0.691. The Bertz CT molecular complexity index is 711. The molecule has 0 atom stereocenters. The van der Waals surface area contributed by atoms with Gasteiger partial charge in [-0.05, 0) is 41.8 Å². The van der Waals surface area contributed by atoms with Crippen LogP contribution in [0.2, 0.25) is 5.02 Å². The van der Waals surface area contributed by atoms with E-state index >= 15 is 0 Å². The summed E-state index contributed by atoms with van der Waals surface area (Å²) in [6.45, 7) is 0.569. The van der Waals surface area contributed by atoms with E-state index in [1.807, 2.05) is 48.5 Å². The van der Waals surface area contributed by atoms with Gasteiger partial charge in [-0.3, -0.25) is 4.18 Å². The zero-order valence-electron chi connectivity index (χ0n) is 12.2. The summed E-state index contributed by atoms with van der Waals surface area (Å²) in [6.07, 6.45) is 1.55. The number of hydrogen-bond donors (Lipinski definition) is 0. The molecule has 0 aliphatic heterocycles. The maximum atomic E-state index is 10.9. The van der Waals surface area contributed by atoms with E-state index in [4.69, 9.17) is 20.5 Å². The van der Waals surface area contributed by atoms with Gasteiger partial charge in [-0.25, -0.2) is 0 Å². The molecule has 0 spiro atoms. The van der Waals surface area contributed by atoms with Crippen LogP contribution in [0, 0.1) is 0 Å². The average molecular weight is 341 g/mol. The molecule has 0 bridgehead atoms. The zero-order valence-corrected chi connectivity index (χ0v) is 13.7. The average Bonchev–Trinajstić information content (AvgIpc) is 2.46. The fourth-order valence-corrected chi connectivity index (χ4v) is 2.36. The van der Waals surface area contributed by atoms with Gasteiger partial charge in [0.1, 0.15) is 12.4 Å². The maximum Gasteiger partial charge on any atom is 0.264 e. The number of halogens is 1. The van der Waals surface area contributed by atoms with Crippen molar-refractivity contribution in [3.8, 4) is 5.75 Å². The van der Waals surface area contributed by atoms with Crippen LogP contribution in [0.5, 0.6) is 5.75 Å². The van der Waals surface area contributed by atoms with Crippen LogP contribution < -0.4 is 4.74 Å². The molecule has 0 fully saturated rings. The Morgan fingerprint density at radius 1 is 1.05 bits per heavy atom. The highest BCUT2D eigenvalue weighted by Crippen LogP contribution is 2.17. The summed E-state index contributed by atoms with van der Waals surface area (Å²) >= 11 is 5.83. The zero-order chi connectivity index (χ0) is 16.0. The molecule has 0 saturated carbocycles. The molecule has 22 heavy (non-hydrogen) atoms. The van der Waals surface area contributed by atoms with Crippen LogP contribution in [0.3, 0.4) is 0 Å². The van der Waals surface area contributed by atoms with E-state index in [0.717, 1.165) is 23.1 Å². The molecule has 0 unspecified atom stereocenters. The van der Waals surface area contributed by atoms with Crippen LogP contribution in [0.4, 0.5) is 0 Å². The quantitative estimate of drug-likeness (QED) is 0.724. The molecule has 0 aromatic heterocycles. The molecule has 0 heterocycles. The lowest BCUT2D eigenvalue weighted by Gasteiger charge is -2.08. The standard InChI is InChI=1S/C16H17ClO4S/c1-22(18,19)21-10-9-13-3-2-4-16(11-13)20-12-14-5-7-15(17)8-6-14/h2-8,11H,9-10,12H2,1H3. The van der Waals surface area contributed by atoms with Crippen LogP contribution in [0.1, 0.15) is 11.1 Å². The van der Waals surface area contributed by atoms with Gasteiger partial charge in [-0.1, -0.05) is 35.9 Å². The van der Waals surface area contributed by atoms with E-state index in [0.29, 0.717) is 18.1 Å². The van der Waals surface area contributed by atoms with Crippen LogP contribution in [-0.2, 0) is 27.3 Å². The highest BCUT2D eigenvalue weighted by atomic mass is 35.5. The van der Waals surface area contributed by atoms with Crippen molar-refractivity contribution < 1.29 is 17.3 Å². The van der Waals surface area contributed by atoms with Crippen molar-refractivity contribution in [2.45, 2.75) is 13.0 Å². The molecule has 6 heteroatoms. The van der Waals surface area contributed by atoms with Gasteiger partial charge in [-0.15, -0.1) is 0 Å². The van der Waals surface area contributed by atoms with Crippen molar-refractivity contribution in [3.05, 3.63) is 64.7 Å². The fourth-order valence-electron chi connectivity index (χ4n) is 1.85. The molecule has 4 nitrogen and oxygen atoms in total. The van der Waals surface area contributed by atoms with E-state index in [-0.39, 0.29) is 6.61 Å². The molecule has 0 aliphatic rings. The van der Waals surface area contributed by atoms with Crippen molar-refractivity contribution in [3.63, 3.8) is 0 Å². The van der Waals surface area contributed by atoms with E-state index in [1.165, 1.54) is 0 Å². The first-order chi connectivity index (χ1) is 10.4. The Kier molecular flexibility index (Phi) is 5.83. The lowest BCUT2D eigenvalue weighted by Crippen LogP contribution is -2.06. The number of ether oxygens (including phenoxy) is 1. The van der Waals surface area contributed by atoms with Crippen molar-refractivity contribution in [1.29, 1.82) is 0 Å². The topological polar surface area (TPSA) is 52.6 Å². The Labute approximate surface area is 135 Å². The van der Waals surface area contributed by atoms with Crippen LogP contribution >= 0.6 is 11.6 Å². The number of rotatable bonds is 7. The lowest BCUT2D eigenvalue weighted by molar-refractivity contribution is 0.305. The molecular formula is C16H17ClO4S. The van der Waals surface area contributed by atoms with E-state index in [9.17, 15) is 8.42 Å². The molecular weight excluding hydrogens is 324 g/mol. The van der Waals surface area contributed by atoms with Gasteiger partial charge in [0, 0.05) is 5.02 Å². The van der Waals surface area contributed by atoms with Gasteiger partial charge in [0.05, 0.1) is 12.9 Å². The molecule has 118 valence electrons. The number of hydrogen-bond acceptors (Lipinski definition) is 4. The van der Waals surface area contributed by atoms with Gasteiger partial charge in [0.2, 0.25) is 0 Å². The van der Waals surface area contributed by atoms with Crippen LogP contribution in [-0.4, -0.2) is 21.3 Å². The summed E-state index contributed by atoms with van der Waals surface area (Å²) in [5.74, 6) is 0.729. The largest absolute Gasteiger partial charge is 0.489 e. The van der Waals surface area contributed by atoms with Gasteiger partial charge in [-0.2, -0.15) is 8.42 Å². The summed E-state index contributed by atoms with van der Waals surface area (Å²) < 4.78 is 32.3. The third-order valence-electron chi connectivity index (χ3n) is 2.91. The Morgan fingerprint density at radius 2 is 1.77 bits per heavy atom. The minimum absolute atomic E-state index is 0.124. The van der Waals surface area contributed by atoms with Crippen molar-refractivity contribution >= 4 is 21.7 Å². The van der Waals surface area contributed by atoms with Gasteiger partial charge in [0.25, 0.3) is 10.1 Å². The molecule has 2 aromatic carbocycles. The number of benzene rings is 2. The second-order valence-corrected chi connectivity index (χ2v) is 6.92. The predicted octanol–water partition coefficient (Wildman–Crippen LogP) is 3.44. The lowest BCUT2D eigenvalue weighted by atomic mass is 10.1. The summed E-state index contributed by atoms with van der Waals surface area (Å²) in [6, 6.07) is 15.0. The first-order valence-corrected chi connectivity index (χ1v) is 8.92. The third kappa shape index (κ3) is 6.05. The van der Waals surface area contributed by atoms with Crippen molar-refractivity contribution in [2.75, 3.05) is 12.9 Å². The minimum Gasteiger partial charge on any atom is -0.489 e. The van der Waals surface area contributed by atoms with Crippen molar-refractivity contribution in [1.82, 2.24) is 0 Å². The normalized spacial score (nSPS) is 11.4. The Morgan fingerprint density at radius 3 is 2.45 bits per heavy atom. The SMILES string of the molecule is CS(=O)(=O)OCCc1cccc(OCc2ccc(Cl)cc2)c1. The minimum atomic E-state index is -3.40. The molecule has 2 aromatic rings. The summed E-state index contributed by atoms with van der Waals surface area (Å²) in [7, 11) is -3.40. The Balaban J connectivity index is 1.89.